The molecular weight excluding hydrogens is 478 g/mol. The zero-order chi connectivity index (χ0) is 25.9. The third-order valence-corrected chi connectivity index (χ3v) is 6.90. The van der Waals surface area contributed by atoms with E-state index in [9.17, 15) is 0 Å². The summed E-state index contributed by atoms with van der Waals surface area (Å²) in [5.41, 5.74) is 8.28. The van der Waals surface area contributed by atoms with Crippen molar-refractivity contribution in [2.45, 2.75) is 6.92 Å². The van der Waals surface area contributed by atoms with E-state index in [-0.39, 0.29) is 0 Å². The number of fused-ring (bicyclic) bond motifs is 2. The zero-order valence-electron chi connectivity index (χ0n) is 21.2. The van der Waals surface area contributed by atoms with E-state index in [2.05, 4.69) is 73.2 Å². The lowest BCUT2D eigenvalue weighted by Gasteiger charge is -2.15. The summed E-state index contributed by atoms with van der Waals surface area (Å²) < 4.78 is 0. The van der Waals surface area contributed by atoms with Gasteiger partial charge >= 0.3 is 0 Å². The molecule has 0 aliphatic rings. The fourth-order valence-corrected chi connectivity index (χ4v) is 5.08. The average Bonchev–Trinajstić information content (AvgIpc) is 3.64. The molecule has 7 nitrogen and oxygen atoms in total. The van der Waals surface area contributed by atoms with E-state index in [0.717, 1.165) is 68.0 Å². The van der Waals surface area contributed by atoms with Crippen LogP contribution in [-0.2, 0) is 0 Å². The highest BCUT2D eigenvalue weighted by molar-refractivity contribution is 7.13. The molecule has 0 saturated heterocycles. The Labute approximate surface area is 220 Å². The molecule has 5 heterocycles. The first kappa shape index (κ1) is 24.4. The van der Waals surface area contributed by atoms with Crippen LogP contribution >= 0.6 is 11.3 Å². The molecule has 0 aliphatic carbocycles. The minimum atomic E-state index is 0.729. The van der Waals surface area contributed by atoms with E-state index in [1.807, 2.05) is 51.8 Å². The van der Waals surface area contributed by atoms with Crippen LogP contribution in [0, 0.1) is 0 Å². The summed E-state index contributed by atoms with van der Waals surface area (Å²) in [6, 6.07) is 8.39. The van der Waals surface area contributed by atoms with Gasteiger partial charge in [0, 0.05) is 45.3 Å². The van der Waals surface area contributed by atoms with Crippen LogP contribution in [0.4, 0.5) is 0 Å². The van der Waals surface area contributed by atoms with Crippen molar-refractivity contribution < 1.29 is 0 Å². The molecule has 37 heavy (non-hydrogen) atoms. The number of hydrogen-bond acceptors (Lipinski definition) is 6. The Morgan fingerprint density at radius 3 is 2.76 bits per heavy atom. The highest BCUT2D eigenvalue weighted by Gasteiger charge is 2.15. The van der Waals surface area contributed by atoms with Crippen LogP contribution in [0.25, 0.3) is 49.2 Å². The van der Waals surface area contributed by atoms with Crippen molar-refractivity contribution in [3.05, 3.63) is 96.7 Å². The Morgan fingerprint density at radius 2 is 2.03 bits per heavy atom. The van der Waals surface area contributed by atoms with Gasteiger partial charge in [0.05, 0.1) is 34.8 Å². The second-order valence-corrected chi connectivity index (χ2v) is 9.96. The third-order valence-electron chi connectivity index (χ3n) is 6.00. The maximum Gasteiger partial charge on any atom is 0.116 e. The van der Waals surface area contributed by atoms with Gasteiger partial charge in [0.25, 0.3) is 0 Å². The van der Waals surface area contributed by atoms with E-state index in [1.54, 1.807) is 17.4 Å². The van der Waals surface area contributed by atoms with Gasteiger partial charge in [-0.2, -0.15) is 5.10 Å². The first-order valence-corrected chi connectivity index (χ1v) is 12.8. The topological polar surface area (TPSA) is 85.5 Å². The predicted molar refractivity (Wildman–Crippen MR) is 155 cm³/mol. The molecule has 0 fully saturated rings. The zero-order valence-corrected chi connectivity index (χ0v) is 22.0. The van der Waals surface area contributed by atoms with E-state index in [0.29, 0.717) is 0 Å². The second kappa shape index (κ2) is 10.4. The summed E-state index contributed by atoms with van der Waals surface area (Å²) in [4.78, 5) is 15.9. The van der Waals surface area contributed by atoms with Crippen molar-refractivity contribution >= 4 is 38.7 Å². The molecule has 0 unspecified atom stereocenters. The Hall–Kier alpha value is -4.27. The number of thiophene rings is 1. The van der Waals surface area contributed by atoms with Gasteiger partial charge in [0.2, 0.25) is 0 Å². The number of hydrogen-bond donors (Lipinski definition) is 3. The molecule has 0 atom stereocenters. The number of aromatic amines is 2. The van der Waals surface area contributed by atoms with E-state index >= 15 is 0 Å². The van der Waals surface area contributed by atoms with Crippen molar-refractivity contribution in [3.63, 3.8) is 0 Å². The standard InChI is InChI=1S/C29H29N7S/c1-6-19(11-20(7-2)32-18(3)17-36(4)5)24-13-22-27(16-31-24)34-35-29(22)25-12-21-23(28-9-8-10-37-28)14-30-15-26(21)33-25/h6-16,32-33H,2-3,17H2,1,4-5H3,(H,34,35)/b19-6+,20-11+. The lowest BCUT2D eigenvalue weighted by atomic mass is 10.1. The molecule has 3 N–H and O–H groups in total. The molecule has 0 amide bonds. The molecule has 0 radical (unpaired) electrons. The van der Waals surface area contributed by atoms with Gasteiger partial charge in [0.1, 0.15) is 5.69 Å². The van der Waals surface area contributed by atoms with Crippen LogP contribution in [0.3, 0.4) is 0 Å². The van der Waals surface area contributed by atoms with Crippen molar-refractivity contribution in [2.24, 2.45) is 0 Å². The van der Waals surface area contributed by atoms with Gasteiger partial charge in [-0.15, -0.1) is 11.3 Å². The summed E-state index contributed by atoms with van der Waals surface area (Å²) >= 11 is 1.71. The summed E-state index contributed by atoms with van der Waals surface area (Å²) in [6.07, 6.45) is 11.5. The molecule has 0 aliphatic heterocycles. The van der Waals surface area contributed by atoms with Gasteiger partial charge in [0.15, 0.2) is 0 Å². The number of nitrogens with zero attached hydrogens (tertiary/aromatic N) is 4. The van der Waals surface area contributed by atoms with Crippen LogP contribution in [0.2, 0.25) is 0 Å². The number of likely N-dealkylation sites (N-methyl/N-ethyl adjacent to an activating group) is 1. The van der Waals surface area contributed by atoms with Gasteiger partial charge < -0.3 is 15.2 Å². The van der Waals surface area contributed by atoms with Gasteiger partial charge in [-0.25, -0.2) is 0 Å². The number of nitrogens with one attached hydrogen (secondary N) is 3. The quantitative estimate of drug-likeness (QED) is 0.202. The Kier molecular flexibility index (Phi) is 6.85. The summed E-state index contributed by atoms with van der Waals surface area (Å²) in [7, 11) is 4.02. The molecule has 5 rings (SSSR count). The van der Waals surface area contributed by atoms with Crippen molar-refractivity contribution in [1.29, 1.82) is 0 Å². The second-order valence-electron chi connectivity index (χ2n) is 9.01. The highest BCUT2D eigenvalue weighted by atomic mass is 32.1. The van der Waals surface area contributed by atoms with Gasteiger partial charge in [-0.1, -0.05) is 25.3 Å². The maximum atomic E-state index is 4.69. The van der Waals surface area contributed by atoms with Crippen LogP contribution in [0.1, 0.15) is 12.6 Å². The van der Waals surface area contributed by atoms with Gasteiger partial charge in [-0.05, 0) is 62.3 Å². The fourth-order valence-electron chi connectivity index (χ4n) is 4.33. The molecule has 0 aromatic carbocycles. The summed E-state index contributed by atoms with van der Waals surface area (Å²) in [5.74, 6) is 0. The number of H-pyrrole nitrogens is 2. The summed E-state index contributed by atoms with van der Waals surface area (Å²) in [5, 5.41) is 15.3. The van der Waals surface area contributed by atoms with E-state index in [1.165, 1.54) is 4.88 Å². The van der Waals surface area contributed by atoms with Crippen LogP contribution in [0.15, 0.2) is 91.0 Å². The minimum Gasteiger partial charge on any atom is -0.358 e. The summed E-state index contributed by atoms with van der Waals surface area (Å²) in [6.45, 7) is 10.8. The number of allylic oxidation sites excluding steroid dienone is 4. The first-order chi connectivity index (χ1) is 18.0. The molecule has 5 aromatic heterocycles. The smallest absolute Gasteiger partial charge is 0.116 e. The maximum absolute atomic E-state index is 4.69. The van der Waals surface area contributed by atoms with Gasteiger partial charge in [-0.3, -0.25) is 15.1 Å². The van der Waals surface area contributed by atoms with Crippen molar-refractivity contribution in [3.8, 4) is 21.8 Å². The molecule has 5 aromatic rings. The lowest BCUT2D eigenvalue weighted by molar-refractivity contribution is 0.438. The Balaban J connectivity index is 1.52. The predicted octanol–water partition coefficient (Wildman–Crippen LogP) is 6.37. The normalized spacial score (nSPS) is 12.5. The largest absolute Gasteiger partial charge is 0.358 e. The Morgan fingerprint density at radius 1 is 1.16 bits per heavy atom. The first-order valence-electron chi connectivity index (χ1n) is 11.9. The Bertz CT molecular complexity index is 1650. The molecule has 0 spiro atoms. The number of pyridine rings is 2. The average molecular weight is 508 g/mol. The molecule has 186 valence electrons. The fraction of sp³-hybridized carbons (Fsp3) is 0.138. The monoisotopic (exact) mass is 507 g/mol. The lowest BCUT2D eigenvalue weighted by Crippen LogP contribution is -2.23. The number of rotatable bonds is 9. The van der Waals surface area contributed by atoms with E-state index < -0.39 is 0 Å². The molecular formula is C29H29N7S. The van der Waals surface area contributed by atoms with Crippen LogP contribution in [-0.4, -0.2) is 50.7 Å². The minimum absolute atomic E-state index is 0.729. The van der Waals surface area contributed by atoms with Crippen LogP contribution in [0.5, 0.6) is 0 Å². The number of aromatic nitrogens is 5. The van der Waals surface area contributed by atoms with Crippen LogP contribution < -0.4 is 5.32 Å². The SMILES string of the molecule is C=C/C(=C\C(=C/C)c1cc2c(-c3cc4c(-c5cccs5)cncc4[nH]3)n[nH]c2cn1)NC(=C)CN(C)C. The van der Waals surface area contributed by atoms with E-state index in [4.69, 9.17) is 4.98 Å². The third kappa shape index (κ3) is 5.02. The molecule has 8 heteroatoms. The van der Waals surface area contributed by atoms with Crippen molar-refractivity contribution in [1.82, 2.24) is 35.4 Å². The van der Waals surface area contributed by atoms with Crippen molar-refractivity contribution in [2.75, 3.05) is 20.6 Å². The molecule has 0 saturated carbocycles. The highest BCUT2D eigenvalue weighted by Crippen LogP contribution is 2.35. The molecule has 0 bridgehead atoms.